The van der Waals surface area contributed by atoms with Crippen LogP contribution in [0.3, 0.4) is 0 Å². The normalized spacial score (nSPS) is 30.6. The van der Waals surface area contributed by atoms with Crippen molar-refractivity contribution in [2.45, 2.75) is 46.0 Å². The molecule has 0 aromatic heterocycles. The summed E-state index contributed by atoms with van der Waals surface area (Å²) < 4.78 is 5.37. The molecule has 0 aromatic carbocycles. The minimum Gasteiger partial charge on any atom is -0.465 e. The maximum absolute atomic E-state index is 11.5. The molecule has 2 heteroatoms. The number of esters is 1. The molecule has 0 aliphatic heterocycles. The Kier molecular flexibility index (Phi) is 4.10. The second-order valence-electron chi connectivity index (χ2n) is 5.70. The third kappa shape index (κ3) is 3.49. The van der Waals surface area contributed by atoms with E-state index in [1.807, 2.05) is 13.8 Å². The quantitative estimate of drug-likeness (QED) is 0.552. The van der Waals surface area contributed by atoms with Crippen molar-refractivity contribution < 1.29 is 9.53 Å². The van der Waals surface area contributed by atoms with E-state index in [9.17, 15) is 4.79 Å². The van der Waals surface area contributed by atoms with Crippen LogP contribution in [0, 0.1) is 35.5 Å². The largest absolute Gasteiger partial charge is 0.465 e. The topological polar surface area (TPSA) is 26.3 Å². The monoisotopic (exact) mass is 234 g/mol. The van der Waals surface area contributed by atoms with Crippen LogP contribution in [0.1, 0.15) is 46.0 Å². The standard InChI is InChI=1S/C15H22O2/c1-11(2)9-15(16)17-10-14-12-7-5-3-4-6-8-13(12)14/h11-14H,5-10H2,1-2H3. The molecular weight excluding hydrogens is 212 g/mol. The van der Waals surface area contributed by atoms with Crippen LogP contribution in [-0.2, 0) is 9.53 Å². The van der Waals surface area contributed by atoms with Gasteiger partial charge in [-0.3, -0.25) is 4.79 Å². The first-order valence-corrected chi connectivity index (χ1v) is 6.80. The lowest BCUT2D eigenvalue weighted by Gasteiger charge is -2.06. The highest BCUT2D eigenvalue weighted by atomic mass is 16.5. The van der Waals surface area contributed by atoms with Crippen LogP contribution in [0.5, 0.6) is 0 Å². The molecule has 1 fully saturated rings. The minimum absolute atomic E-state index is 0.0319. The SMILES string of the molecule is CC(C)CC(=O)OCC1C2CCC#CCCC21. The first-order valence-electron chi connectivity index (χ1n) is 6.80. The summed E-state index contributed by atoms with van der Waals surface area (Å²) in [7, 11) is 0. The molecule has 0 saturated heterocycles. The van der Waals surface area contributed by atoms with E-state index in [1.54, 1.807) is 0 Å². The van der Waals surface area contributed by atoms with Gasteiger partial charge in [0, 0.05) is 19.3 Å². The lowest BCUT2D eigenvalue weighted by atomic mass is 10.1. The first kappa shape index (κ1) is 12.5. The molecule has 0 radical (unpaired) electrons. The van der Waals surface area contributed by atoms with Gasteiger partial charge in [0.1, 0.15) is 0 Å². The molecular formula is C15H22O2. The Hall–Kier alpha value is -0.970. The van der Waals surface area contributed by atoms with E-state index in [0.717, 1.165) is 24.7 Å². The summed E-state index contributed by atoms with van der Waals surface area (Å²) in [5.74, 6) is 8.92. The Bertz CT molecular complexity index is 317. The highest BCUT2D eigenvalue weighted by Gasteiger charge is 2.49. The van der Waals surface area contributed by atoms with Crippen molar-refractivity contribution in [3.05, 3.63) is 0 Å². The summed E-state index contributed by atoms with van der Waals surface area (Å²) in [6.07, 6.45) is 4.99. The van der Waals surface area contributed by atoms with Gasteiger partial charge in [-0.25, -0.2) is 0 Å². The zero-order valence-corrected chi connectivity index (χ0v) is 10.9. The maximum Gasteiger partial charge on any atom is 0.306 e. The summed E-state index contributed by atoms with van der Waals surface area (Å²) in [5.41, 5.74) is 0. The second-order valence-corrected chi connectivity index (χ2v) is 5.70. The lowest BCUT2D eigenvalue weighted by Crippen LogP contribution is -2.10. The first-order chi connectivity index (χ1) is 8.18. The molecule has 0 aromatic rings. The predicted octanol–water partition coefficient (Wildman–Crippen LogP) is 3.02. The molecule has 0 heterocycles. The van der Waals surface area contributed by atoms with Crippen LogP contribution >= 0.6 is 0 Å². The van der Waals surface area contributed by atoms with E-state index in [4.69, 9.17) is 4.74 Å². The number of fused-ring (bicyclic) bond motifs is 1. The molecule has 1 saturated carbocycles. The third-order valence-corrected chi connectivity index (χ3v) is 3.85. The van der Waals surface area contributed by atoms with E-state index >= 15 is 0 Å². The van der Waals surface area contributed by atoms with Gasteiger partial charge in [0.05, 0.1) is 6.61 Å². The van der Waals surface area contributed by atoms with E-state index in [2.05, 4.69) is 11.8 Å². The summed E-state index contributed by atoms with van der Waals surface area (Å²) in [4.78, 5) is 11.5. The molecule has 2 aliphatic carbocycles. The molecule has 94 valence electrons. The Morgan fingerprint density at radius 1 is 1.24 bits per heavy atom. The lowest BCUT2D eigenvalue weighted by molar-refractivity contribution is -0.145. The van der Waals surface area contributed by atoms with Crippen molar-refractivity contribution in [2.24, 2.45) is 23.7 Å². The number of hydrogen-bond acceptors (Lipinski definition) is 2. The van der Waals surface area contributed by atoms with E-state index in [1.165, 1.54) is 12.8 Å². The molecule has 0 N–H and O–H groups in total. The molecule has 2 aliphatic rings. The fourth-order valence-electron chi connectivity index (χ4n) is 2.86. The van der Waals surface area contributed by atoms with Gasteiger partial charge < -0.3 is 4.74 Å². The Labute approximate surface area is 104 Å². The van der Waals surface area contributed by atoms with Crippen LogP contribution in [0.15, 0.2) is 0 Å². The Morgan fingerprint density at radius 2 is 1.82 bits per heavy atom. The van der Waals surface area contributed by atoms with Gasteiger partial charge in [0.15, 0.2) is 0 Å². The number of ether oxygens (including phenoxy) is 1. The molecule has 0 amide bonds. The molecule has 2 nitrogen and oxygen atoms in total. The highest BCUT2D eigenvalue weighted by Crippen LogP contribution is 2.52. The van der Waals surface area contributed by atoms with Crippen molar-refractivity contribution in [3.8, 4) is 11.8 Å². The molecule has 17 heavy (non-hydrogen) atoms. The second kappa shape index (κ2) is 5.58. The van der Waals surface area contributed by atoms with E-state index in [-0.39, 0.29) is 5.97 Å². The summed E-state index contributed by atoms with van der Waals surface area (Å²) in [6, 6.07) is 0. The van der Waals surface area contributed by atoms with Crippen LogP contribution in [-0.4, -0.2) is 12.6 Å². The molecule has 2 unspecified atom stereocenters. The van der Waals surface area contributed by atoms with Crippen LogP contribution in [0.2, 0.25) is 0 Å². The third-order valence-electron chi connectivity index (χ3n) is 3.85. The molecule has 0 spiro atoms. The smallest absolute Gasteiger partial charge is 0.306 e. The molecule has 0 bridgehead atoms. The van der Waals surface area contributed by atoms with Gasteiger partial charge in [-0.1, -0.05) is 13.8 Å². The van der Waals surface area contributed by atoms with Crippen molar-refractivity contribution in [1.82, 2.24) is 0 Å². The van der Waals surface area contributed by atoms with Gasteiger partial charge in [0.25, 0.3) is 0 Å². The van der Waals surface area contributed by atoms with Crippen molar-refractivity contribution in [1.29, 1.82) is 0 Å². The van der Waals surface area contributed by atoms with Gasteiger partial charge in [-0.2, -0.15) is 0 Å². The zero-order chi connectivity index (χ0) is 12.3. The number of hydrogen-bond donors (Lipinski definition) is 0. The Morgan fingerprint density at radius 3 is 2.35 bits per heavy atom. The highest BCUT2D eigenvalue weighted by molar-refractivity contribution is 5.69. The van der Waals surface area contributed by atoms with Gasteiger partial charge in [0.2, 0.25) is 0 Å². The maximum atomic E-state index is 11.5. The molecule has 2 rings (SSSR count). The van der Waals surface area contributed by atoms with E-state index in [0.29, 0.717) is 24.9 Å². The van der Waals surface area contributed by atoms with Crippen LogP contribution < -0.4 is 0 Å². The van der Waals surface area contributed by atoms with Crippen molar-refractivity contribution in [3.63, 3.8) is 0 Å². The summed E-state index contributed by atoms with van der Waals surface area (Å²) in [6.45, 7) is 4.73. The van der Waals surface area contributed by atoms with Crippen molar-refractivity contribution >= 4 is 5.97 Å². The van der Waals surface area contributed by atoms with Gasteiger partial charge >= 0.3 is 5.97 Å². The summed E-state index contributed by atoms with van der Waals surface area (Å²) in [5, 5.41) is 0. The van der Waals surface area contributed by atoms with E-state index < -0.39 is 0 Å². The number of carbonyl (C=O) groups excluding carboxylic acids is 1. The fourth-order valence-corrected chi connectivity index (χ4v) is 2.86. The van der Waals surface area contributed by atoms with Crippen LogP contribution in [0.4, 0.5) is 0 Å². The molecule has 2 atom stereocenters. The van der Waals surface area contributed by atoms with Gasteiger partial charge in [-0.15, -0.1) is 11.8 Å². The predicted molar refractivity (Wildman–Crippen MR) is 67.1 cm³/mol. The average Bonchev–Trinajstić information content (AvgIpc) is 2.84. The summed E-state index contributed by atoms with van der Waals surface area (Å²) >= 11 is 0. The fraction of sp³-hybridized carbons (Fsp3) is 0.800. The van der Waals surface area contributed by atoms with Gasteiger partial charge in [-0.05, 0) is 36.5 Å². The average molecular weight is 234 g/mol. The minimum atomic E-state index is -0.0319. The Balaban J connectivity index is 1.70. The number of carbonyl (C=O) groups is 1. The van der Waals surface area contributed by atoms with Crippen LogP contribution in [0.25, 0.3) is 0 Å². The number of rotatable bonds is 4. The zero-order valence-electron chi connectivity index (χ0n) is 10.9. The van der Waals surface area contributed by atoms with Crippen molar-refractivity contribution in [2.75, 3.05) is 6.61 Å².